The molecule has 4 N–H and O–H groups in total. The van der Waals surface area contributed by atoms with Gasteiger partial charge in [0.1, 0.15) is 5.69 Å². The van der Waals surface area contributed by atoms with Gasteiger partial charge in [0.25, 0.3) is 11.5 Å². The Hall–Kier alpha value is -3.66. The van der Waals surface area contributed by atoms with Gasteiger partial charge in [0.15, 0.2) is 0 Å². The summed E-state index contributed by atoms with van der Waals surface area (Å²) < 4.78 is 40.1. The number of nitrogen functional groups attached to an aromatic ring is 1. The zero-order valence-electron chi connectivity index (χ0n) is 16.3. The number of hydrogen-bond acceptors (Lipinski definition) is 5. The lowest BCUT2D eigenvalue weighted by Crippen LogP contribution is -2.31. The zero-order chi connectivity index (χ0) is 22.8. The molecule has 0 radical (unpaired) electrons. The second kappa shape index (κ2) is 8.60. The first-order chi connectivity index (χ1) is 14.6. The van der Waals surface area contributed by atoms with Crippen LogP contribution in [-0.2, 0) is 12.8 Å². The van der Waals surface area contributed by atoms with Crippen molar-refractivity contribution in [1.82, 2.24) is 15.1 Å². The molecular weight excluding hydrogens is 413 g/mol. The molecule has 0 aliphatic rings. The minimum absolute atomic E-state index is 0.0850. The Morgan fingerprint density at radius 1 is 1.19 bits per heavy atom. The Kier molecular flexibility index (Phi) is 6.11. The van der Waals surface area contributed by atoms with Gasteiger partial charge < -0.3 is 16.2 Å². The average molecular weight is 432 g/mol. The number of carbonyl (C=O) groups excluding carboxylic acids is 1. The lowest BCUT2D eigenvalue weighted by Gasteiger charge is -2.17. The highest BCUT2D eigenvalue weighted by atomic mass is 19.4. The first kappa shape index (κ1) is 22.0. The Bertz CT molecular complexity index is 1180. The van der Waals surface area contributed by atoms with Gasteiger partial charge in [0, 0.05) is 17.3 Å². The number of aliphatic hydroxyl groups is 1. The molecule has 0 aliphatic heterocycles. The number of nitrogens with zero attached hydrogens (tertiary/aromatic N) is 2. The third kappa shape index (κ3) is 4.92. The number of para-hydroxylation sites is 1. The van der Waals surface area contributed by atoms with Crippen LogP contribution in [0.15, 0.2) is 59.4 Å². The number of nitrogens with two attached hydrogens (primary N) is 1. The standard InChI is InChI=1S/C21H19F3N4O3/c1-12(14-8-15(21(22,23)24)10-16(25)9-14)26-20(31)17-6-7-19(30)28(27-17)18-5-3-2-4-13(18)11-29/h2-10,12,29H,11,25H2,1H3,(H,26,31)/t12-/m1/s1. The molecule has 0 saturated carbocycles. The fourth-order valence-corrected chi connectivity index (χ4v) is 3.00. The molecule has 0 bridgehead atoms. The van der Waals surface area contributed by atoms with Crippen molar-refractivity contribution in [3.05, 3.63) is 87.3 Å². The van der Waals surface area contributed by atoms with Crippen molar-refractivity contribution in [1.29, 1.82) is 0 Å². The molecule has 0 saturated heterocycles. The van der Waals surface area contributed by atoms with Gasteiger partial charge in [-0.3, -0.25) is 9.59 Å². The molecule has 3 aromatic rings. The molecule has 0 fully saturated rings. The van der Waals surface area contributed by atoms with Crippen molar-refractivity contribution < 1.29 is 23.1 Å². The minimum atomic E-state index is -4.58. The maximum Gasteiger partial charge on any atom is 0.416 e. The number of halogens is 3. The number of aliphatic hydroxyl groups excluding tert-OH is 1. The lowest BCUT2D eigenvalue weighted by molar-refractivity contribution is -0.137. The average Bonchev–Trinajstić information content (AvgIpc) is 2.73. The van der Waals surface area contributed by atoms with Gasteiger partial charge in [0.2, 0.25) is 0 Å². The summed E-state index contributed by atoms with van der Waals surface area (Å²) in [7, 11) is 0. The largest absolute Gasteiger partial charge is 0.416 e. The Labute approximate surface area is 174 Å². The van der Waals surface area contributed by atoms with E-state index in [1.165, 1.54) is 19.1 Å². The van der Waals surface area contributed by atoms with E-state index in [2.05, 4.69) is 10.4 Å². The number of hydrogen-bond donors (Lipinski definition) is 3. The van der Waals surface area contributed by atoms with Crippen molar-refractivity contribution in [2.75, 3.05) is 5.73 Å². The maximum atomic E-state index is 13.0. The van der Waals surface area contributed by atoms with E-state index >= 15 is 0 Å². The Balaban J connectivity index is 1.89. The summed E-state index contributed by atoms with van der Waals surface area (Å²) in [6, 6.07) is 11.1. The van der Waals surface area contributed by atoms with Gasteiger partial charge in [0.05, 0.1) is 23.9 Å². The van der Waals surface area contributed by atoms with Gasteiger partial charge >= 0.3 is 6.18 Å². The molecule has 0 unspecified atom stereocenters. The molecule has 0 aliphatic carbocycles. The van der Waals surface area contributed by atoms with Crippen LogP contribution in [0.4, 0.5) is 18.9 Å². The van der Waals surface area contributed by atoms with Gasteiger partial charge in [-0.15, -0.1) is 0 Å². The van der Waals surface area contributed by atoms with Crippen LogP contribution >= 0.6 is 0 Å². The van der Waals surface area contributed by atoms with Crippen molar-refractivity contribution in [2.45, 2.75) is 25.7 Å². The number of alkyl halides is 3. The van der Waals surface area contributed by atoms with Gasteiger partial charge in [-0.25, -0.2) is 0 Å². The van der Waals surface area contributed by atoms with E-state index in [1.54, 1.807) is 24.3 Å². The summed E-state index contributed by atoms with van der Waals surface area (Å²) >= 11 is 0. The van der Waals surface area contributed by atoms with E-state index in [4.69, 9.17) is 5.73 Å². The summed E-state index contributed by atoms with van der Waals surface area (Å²) in [5, 5.41) is 16.1. The number of carbonyl (C=O) groups is 1. The third-order valence-electron chi connectivity index (χ3n) is 4.58. The molecular formula is C21H19F3N4O3. The van der Waals surface area contributed by atoms with Crippen LogP contribution < -0.4 is 16.6 Å². The predicted molar refractivity (Wildman–Crippen MR) is 107 cm³/mol. The Morgan fingerprint density at radius 3 is 2.58 bits per heavy atom. The number of amides is 1. The number of anilines is 1. The Morgan fingerprint density at radius 2 is 1.90 bits per heavy atom. The van der Waals surface area contributed by atoms with Gasteiger partial charge in [-0.2, -0.15) is 23.0 Å². The molecule has 162 valence electrons. The van der Waals surface area contributed by atoms with E-state index in [0.717, 1.165) is 22.9 Å². The lowest BCUT2D eigenvalue weighted by atomic mass is 10.0. The van der Waals surface area contributed by atoms with E-state index in [1.807, 2.05) is 0 Å². The SMILES string of the molecule is C[C@@H](NC(=O)c1ccc(=O)n(-c2ccccc2CO)n1)c1cc(N)cc(C(F)(F)F)c1. The van der Waals surface area contributed by atoms with Crippen LogP contribution in [0.25, 0.3) is 5.69 Å². The number of aromatic nitrogens is 2. The van der Waals surface area contributed by atoms with Crippen LogP contribution in [0, 0.1) is 0 Å². The maximum absolute atomic E-state index is 13.0. The van der Waals surface area contributed by atoms with Crippen LogP contribution in [0.2, 0.25) is 0 Å². The summed E-state index contributed by atoms with van der Waals surface area (Å²) in [6.45, 7) is 1.17. The smallest absolute Gasteiger partial charge is 0.399 e. The molecule has 0 spiro atoms. The second-order valence-electron chi connectivity index (χ2n) is 6.84. The van der Waals surface area contributed by atoms with Crippen LogP contribution in [0.1, 0.15) is 40.1 Å². The van der Waals surface area contributed by atoms with Crippen molar-refractivity contribution in [2.24, 2.45) is 0 Å². The van der Waals surface area contributed by atoms with Crippen molar-refractivity contribution in [3.8, 4) is 5.69 Å². The van der Waals surface area contributed by atoms with Crippen LogP contribution in [-0.4, -0.2) is 20.8 Å². The fourth-order valence-electron chi connectivity index (χ4n) is 3.00. The van der Waals surface area contributed by atoms with Crippen LogP contribution in [0.5, 0.6) is 0 Å². The quantitative estimate of drug-likeness (QED) is 0.537. The van der Waals surface area contributed by atoms with Gasteiger partial charge in [-0.1, -0.05) is 18.2 Å². The predicted octanol–water partition coefficient (Wildman–Crippen LogP) is 2.82. The topological polar surface area (TPSA) is 110 Å². The van der Waals surface area contributed by atoms with Crippen LogP contribution in [0.3, 0.4) is 0 Å². The molecule has 3 rings (SSSR count). The molecule has 1 aromatic heterocycles. The first-order valence-corrected chi connectivity index (χ1v) is 9.18. The second-order valence-corrected chi connectivity index (χ2v) is 6.84. The first-order valence-electron chi connectivity index (χ1n) is 9.18. The summed E-state index contributed by atoms with van der Waals surface area (Å²) in [4.78, 5) is 24.9. The molecule has 2 aromatic carbocycles. The van der Waals surface area contributed by atoms with E-state index in [0.29, 0.717) is 11.3 Å². The highest BCUT2D eigenvalue weighted by Crippen LogP contribution is 2.32. The monoisotopic (exact) mass is 432 g/mol. The van der Waals surface area contributed by atoms with E-state index in [9.17, 15) is 27.9 Å². The molecule has 7 nitrogen and oxygen atoms in total. The van der Waals surface area contributed by atoms with Crippen molar-refractivity contribution >= 4 is 11.6 Å². The summed E-state index contributed by atoms with van der Waals surface area (Å²) in [5.41, 5.74) is 4.84. The van der Waals surface area contributed by atoms with Gasteiger partial charge in [-0.05, 0) is 42.8 Å². The van der Waals surface area contributed by atoms with Crippen molar-refractivity contribution in [3.63, 3.8) is 0 Å². The number of rotatable bonds is 5. The fraction of sp³-hybridized carbons (Fsp3) is 0.190. The molecule has 1 heterocycles. The zero-order valence-corrected chi connectivity index (χ0v) is 16.3. The molecule has 10 heteroatoms. The highest BCUT2D eigenvalue weighted by molar-refractivity contribution is 5.92. The van der Waals surface area contributed by atoms with E-state index in [-0.39, 0.29) is 23.6 Å². The highest BCUT2D eigenvalue weighted by Gasteiger charge is 2.31. The number of benzene rings is 2. The van der Waals surface area contributed by atoms with E-state index < -0.39 is 29.2 Å². The summed E-state index contributed by atoms with van der Waals surface area (Å²) in [6.07, 6.45) is -4.58. The minimum Gasteiger partial charge on any atom is -0.399 e. The summed E-state index contributed by atoms with van der Waals surface area (Å²) in [5.74, 6) is -0.696. The molecule has 1 amide bonds. The third-order valence-corrected chi connectivity index (χ3v) is 4.58. The molecule has 31 heavy (non-hydrogen) atoms. The molecule has 1 atom stereocenters. The number of nitrogens with one attached hydrogen (secondary N) is 1. The normalized spacial score (nSPS) is 12.4.